The van der Waals surface area contributed by atoms with E-state index in [-0.39, 0.29) is 17.2 Å². The van der Waals surface area contributed by atoms with Gasteiger partial charge >= 0.3 is 0 Å². The van der Waals surface area contributed by atoms with Crippen molar-refractivity contribution in [1.29, 1.82) is 0 Å². The number of fused-ring (bicyclic) bond motifs is 2. The zero-order valence-electron chi connectivity index (χ0n) is 15.0. The fourth-order valence-electron chi connectivity index (χ4n) is 3.43. The molecule has 5 aromatic rings. The molecule has 7 heteroatoms. The summed E-state index contributed by atoms with van der Waals surface area (Å²) in [6, 6.07) is 12.6. The molecule has 0 fully saturated rings. The number of pyridine rings is 2. The van der Waals surface area contributed by atoms with Gasteiger partial charge in [0.25, 0.3) is 0 Å². The average Bonchev–Trinajstić information content (AvgIpc) is 2.74. The molecule has 0 amide bonds. The molecule has 0 saturated carbocycles. The van der Waals surface area contributed by atoms with Crippen LogP contribution in [0.5, 0.6) is 0 Å². The van der Waals surface area contributed by atoms with Crippen molar-refractivity contribution < 1.29 is 8.78 Å². The second-order valence-electron chi connectivity index (χ2n) is 6.51. The van der Waals surface area contributed by atoms with Gasteiger partial charge in [-0.2, -0.15) is 0 Å². The van der Waals surface area contributed by atoms with E-state index < -0.39 is 5.82 Å². The number of nitrogens with zero attached hydrogens (tertiary/aromatic N) is 4. The Kier molecular flexibility index (Phi) is 3.87. The predicted octanol–water partition coefficient (Wildman–Crippen LogP) is 4.77. The van der Waals surface area contributed by atoms with Crippen molar-refractivity contribution in [3.8, 4) is 22.4 Å². The summed E-state index contributed by atoms with van der Waals surface area (Å²) in [4.78, 5) is 17.3. The second-order valence-corrected chi connectivity index (χ2v) is 6.51. The lowest BCUT2D eigenvalue weighted by atomic mass is 9.96. The van der Waals surface area contributed by atoms with Crippen molar-refractivity contribution in [2.45, 2.75) is 0 Å². The molecule has 0 bridgehead atoms. The minimum atomic E-state index is -0.461. The number of rotatable bonds is 2. The number of anilines is 1. The van der Waals surface area contributed by atoms with Gasteiger partial charge in [-0.3, -0.25) is 9.97 Å². The average molecular weight is 385 g/mol. The van der Waals surface area contributed by atoms with Crippen LogP contribution in [-0.2, 0) is 0 Å². The molecular weight excluding hydrogens is 372 g/mol. The molecule has 29 heavy (non-hydrogen) atoms. The summed E-state index contributed by atoms with van der Waals surface area (Å²) in [7, 11) is 0. The molecule has 2 N–H and O–H groups in total. The second kappa shape index (κ2) is 6.56. The molecule has 3 aromatic heterocycles. The number of aromatic nitrogens is 4. The highest BCUT2D eigenvalue weighted by atomic mass is 19.1. The van der Waals surface area contributed by atoms with Crippen LogP contribution in [-0.4, -0.2) is 19.9 Å². The minimum Gasteiger partial charge on any atom is -0.382 e. The van der Waals surface area contributed by atoms with Crippen molar-refractivity contribution in [1.82, 2.24) is 19.9 Å². The molecule has 5 nitrogen and oxygen atoms in total. The third-order valence-electron chi connectivity index (χ3n) is 4.71. The molecule has 0 aliphatic carbocycles. The Labute approximate surface area is 163 Å². The summed E-state index contributed by atoms with van der Waals surface area (Å²) >= 11 is 0. The SMILES string of the molecule is Nc1nc(-c2ccc(F)cc2)c(-c2cc(F)c3ncccc3c2)c2nccnc12. The van der Waals surface area contributed by atoms with E-state index in [1.807, 2.05) is 6.07 Å². The van der Waals surface area contributed by atoms with Crippen LogP contribution in [0.25, 0.3) is 44.3 Å². The first kappa shape index (κ1) is 17.1. The van der Waals surface area contributed by atoms with Crippen molar-refractivity contribution in [2.24, 2.45) is 0 Å². The van der Waals surface area contributed by atoms with Gasteiger partial charge in [-0.05, 0) is 48.0 Å². The van der Waals surface area contributed by atoms with E-state index in [1.54, 1.807) is 36.7 Å². The van der Waals surface area contributed by atoms with Crippen LogP contribution in [0.15, 0.2) is 67.1 Å². The summed E-state index contributed by atoms with van der Waals surface area (Å²) in [5, 5.41) is 0.640. The Morgan fingerprint density at radius 3 is 2.24 bits per heavy atom. The Balaban J connectivity index is 1.90. The van der Waals surface area contributed by atoms with E-state index in [4.69, 9.17) is 5.73 Å². The number of benzene rings is 2. The van der Waals surface area contributed by atoms with Gasteiger partial charge in [0.15, 0.2) is 5.82 Å². The summed E-state index contributed by atoms with van der Waals surface area (Å²) in [5.41, 5.74) is 9.53. The van der Waals surface area contributed by atoms with Crippen LogP contribution >= 0.6 is 0 Å². The molecule has 5 rings (SSSR count). The number of hydrogen-bond donors (Lipinski definition) is 1. The van der Waals surface area contributed by atoms with Gasteiger partial charge in [0.05, 0.1) is 5.69 Å². The van der Waals surface area contributed by atoms with E-state index in [0.717, 1.165) is 0 Å². The summed E-state index contributed by atoms with van der Waals surface area (Å²) in [6.07, 6.45) is 4.60. The highest BCUT2D eigenvalue weighted by Gasteiger charge is 2.19. The molecule has 3 heterocycles. The van der Waals surface area contributed by atoms with Gasteiger partial charge < -0.3 is 5.73 Å². The fourth-order valence-corrected chi connectivity index (χ4v) is 3.43. The molecule has 0 aliphatic rings. The molecule has 0 saturated heterocycles. The fraction of sp³-hybridized carbons (Fsp3) is 0. The van der Waals surface area contributed by atoms with Gasteiger partial charge in [-0.1, -0.05) is 6.07 Å². The maximum atomic E-state index is 14.8. The quantitative estimate of drug-likeness (QED) is 0.474. The molecule has 0 radical (unpaired) electrons. The molecule has 0 unspecified atom stereocenters. The highest BCUT2D eigenvalue weighted by Crippen LogP contribution is 2.38. The van der Waals surface area contributed by atoms with Crippen LogP contribution < -0.4 is 5.73 Å². The monoisotopic (exact) mass is 385 g/mol. The maximum Gasteiger partial charge on any atom is 0.152 e. The van der Waals surface area contributed by atoms with Crippen molar-refractivity contribution in [3.05, 3.63) is 78.8 Å². The summed E-state index contributed by atoms with van der Waals surface area (Å²) in [6.45, 7) is 0. The standard InChI is InChI=1S/C22H13F2N5/c23-15-5-3-12(4-6-15)19-17(20-21(22(25)29-19)28-9-8-27-20)14-10-13-2-1-7-26-18(13)16(24)11-14/h1-11H,(H2,25,29). The lowest BCUT2D eigenvalue weighted by molar-refractivity contribution is 0.628. The Hall–Kier alpha value is -4.00. The first-order valence-electron chi connectivity index (χ1n) is 8.82. The van der Waals surface area contributed by atoms with Gasteiger partial charge in [0.1, 0.15) is 28.2 Å². The minimum absolute atomic E-state index is 0.194. The van der Waals surface area contributed by atoms with Crippen LogP contribution in [0.4, 0.5) is 14.6 Å². The van der Waals surface area contributed by atoms with E-state index in [1.165, 1.54) is 24.4 Å². The normalized spacial score (nSPS) is 11.2. The Bertz CT molecular complexity index is 1380. The van der Waals surface area contributed by atoms with Gasteiger partial charge in [-0.25, -0.2) is 18.7 Å². The number of nitrogen functional groups attached to an aromatic ring is 1. The Morgan fingerprint density at radius 1 is 0.724 bits per heavy atom. The van der Waals surface area contributed by atoms with E-state index in [2.05, 4.69) is 19.9 Å². The first-order chi connectivity index (χ1) is 14.1. The number of halogens is 2. The number of hydrogen-bond acceptors (Lipinski definition) is 5. The van der Waals surface area contributed by atoms with Crippen molar-refractivity contribution in [3.63, 3.8) is 0 Å². The van der Waals surface area contributed by atoms with E-state index >= 15 is 0 Å². The predicted molar refractivity (Wildman–Crippen MR) is 108 cm³/mol. The molecule has 0 aliphatic heterocycles. The smallest absolute Gasteiger partial charge is 0.152 e. The summed E-state index contributed by atoms with van der Waals surface area (Å²) < 4.78 is 28.3. The molecule has 2 aromatic carbocycles. The van der Waals surface area contributed by atoms with Crippen molar-refractivity contribution in [2.75, 3.05) is 5.73 Å². The van der Waals surface area contributed by atoms with Crippen LogP contribution in [0.1, 0.15) is 0 Å². The zero-order chi connectivity index (χ0) is 20.0. The third kappa shape index (κ3) is 2.84. The van der Waals surface area contributed by atoms with E-state index in [0.29, 0.717) is 38.8 Å². The van der Waals surface area contributed by atoms with Crippen molar-refractivity contribution >= 4 is 27.8 Å². The largest absolute Gasteiger partial charge is 0.382 e. The third-order valence-corrected chi connectivity index (χ3v) is 4.71. The lowest BCUT2D eigenvalue weighted by Gasteiger charge is -2.14. The first-order valence-corrected chi connectivity index (χ1v) is 8.82. The van der Waals surface area contributed by atoms with Gasteiger partial charge in [0.2, 0.25) is 0 Å². The van der Waals surface area contributed by atoms with Gasteiger partial charge in [0, 0.05) is 35.1 Å². The number of nitrogens with two attached hydrogens (primary N) is 1. The Morgan fingerprint density at radius 2 is 1.45 bits per heavy atom. The molecule has 0 spiro atoms. The zero-order valence-corrected chi connectivity index (χ0v) is 15.0. The van der Waals surface area contributed by atoms with Crippen LogP contribution in [0.3, 0.4) is 0 Å². The van der Waals surface area contributed by atoms with Gasteiger partial charge in [-0.15, -0.1) is 0 Å². The molecule has 140 valence electrons. The van der Waals surface area contributed by atoms with E-state index in [9.17, 15) is 8.78 Å². The topological polar surface area (TPSA) is 77.6 Å². The van der Waals surface area contributed by atoms with Crippen LogP contribution in [0.2, 0.25) is 0 Å². The molecular formula is C22H13F2N5. The molecule has 0 atom stereocenters. The summed E-state index contributed by atoms with van der Waals surface area (Å²) in [5.74, 6) is -0.636. The highest BCUT2D eigenvalue weighted by molar-refractivity contribution is 6.04. The lowest BCUT2D eigenvalue weighted by Crippen LogP contribution is -2.01. The van der Waals surface area contributed by atoms with Crippen LogP contribution in [0, 0.1) is 11.6 Å². The maximum absolute atomic E-state index is 14.8.